The molecule has 0 bridgehead atoms. The molecule has 3 N–H and O–H groups in total. The molecule has 0 aliphatic heterocycles. The Kier molecular flexibility index (Phi) is 10.2. The third kappa shape index (κ3) is 7.53. The number of nitrogens with two attached hydrogens (primary N) is 1. The summed E-state index contributed by atoms with van der Waals surface area (Å²) in [6.45, 7) is 3.12. The lowest BCUT2D eigenvalue weighted by Gasteiger charge is -2.09. The molecule has 0 saturated heterocycles. The van der Waals surface area contributed by atoms with Gasteiger partial charge in [0.1, 0.15) is 0 Å². The van der Waals surface area contributed by atoms with Crippen LogP contribution in [0.2, 0.25) is 0 Å². The van der Waals surface area contributed by atoms with Gasteiger partial charge in [0, 0.05) is 12.1 Å². The summed E-state index contributed by atoms with van der Waals surface area (Å²) >= 11 is 1.33. The number of benzene rings is 1. The number of rotatable bonds is 8. The van der Waals surface area contributed by atoms with Crippen molar-refractivity contribution in [2.75, 3.05) is 24.6 Å². The third-order valence-electron chi connectivity index (χ3n) is 2.61. The van der Waals surface area contributed by atoms with Gasteiger partial charge < -0.3 is 11.1 Å². The van der Waals surface area contributed by atoms with Gasteiger partial charge in [0.2, 0.25) is 5.91 Å². The van der Waals surface area contributed by atoms with Crippen molar-refractivity contribution >= 4 is 35.9 Å². The summed E-state index contributed by atoms with van der Waals surface area (Å²) in [4.78, 5) is 23.3. The summed E-state index contributed by atoms with van der Waals surface area (Å²) in [5, 5.41) is 2.80. The first-order valence-corrected chi connectivity index (χ1v) is 7.41. The zero-order valence-corrected chi connectivity index (χ0v) is 13.1. The molecule has 0 aliphatic carbocycles. The quantitative estimate of drug-likeness (QED) is 0.717. The molecule has 0 aromatic heterocycles. The van der Waals surface area contributed by atoms with Gasteiger partial charge in [-0.15, -0.1) is 24.2 Å². The van der Waals surface area contributed by atoms with Crippen molar-refractivity contribution in [1.29, 1.82) is 0 Å². The number of carbonyl (C=O) groups excluding carboxylic acids is 2. The number of ketones is 1. The third-order valence-corrected chi connectivity index (χ3v) is 3.54. The molecular weight excluding hydrogens is 296 g/mol. The van der Waals surface area contributed by atoms with Crippen LogP contribution in [-0.2, 0) is 4.79 Å². The van der Waals surface area contributed by atoms with Crippen LogP contribution in [0.4, 0.5) is 0 Å². The maximum absolute atomic E-state index is 11.8. The Bertz CT molecular complexity index is 415. The van der Waals surface area contributed by atoms with Gasteiger partial charge in [0.05, 0.1) is 11.5 Å². The fraction of sp³-hybridized carbons (Fsp3) is 0.429. The van der Waals surface area contributed by atoms with Crippen LogP contribution in [-0.4, -0.2) is 36.3 Å². The van der Waals surface area contributed by atoms with Gasteiger partial charge in [0.15, 0.2) is 5.78 Å². The summed E-state index contributed by atoms with van der Waals surface area (Å²) in [7, 11) is 0. The number of nitrogens with one attached hydrogen (secondary N) is 1. The lowest BCUT2D eigenvalue weighted by atomic mass is 10.2. The fourth-order valence-electron chi connectivity index (χ4n) is 1.37. The number of amides is 1. The minimum atomic E-state index is -0.0499. The molecule has 0 fully saturated rings. The monoisotopic (exact) mass is 316 g/mol. The highest BCUT2D eigenvalue weighted by atomic mass is 35.5. The number of thioether (sulfide) groups is 1. The Morgan fingerprint density at radius 3 is 2.50 bits per heavy atom. The van der Waals surface area contributed by atoms with Crippen LogP contribution in [0.25, 0.3) is 0 Å². The van der Waals surface area contributed by atoms with Crippen molar-refractivity contribution in [3.63, 3.8) is 0 Å². The molecule has 1 aromatic rings. The Morgan fingerprint density at radius 1 is 1.25 bits per heavy atom. The molecule has 1 unspecified atom stereocenters. The second-order valence-electron chi connectivity index (χ2n) is 4.43. The lowest BCUT2D eigenvalue weighted by Crippen LogP contribution is -2.32. The molecular formula is C14H21ClN2O2S. The summed E-state index contributed by atoms with van der Waals surface area (Å²) in [5.41, 5.74) is 6.15. The van der Waals surface area contributed by atoms with Gasteiger partial charge in [-0.25, -0.2) is 0 Å². The average Bonchev–Trinajstić information content (AvgIpc) is 2.45. The van der Waals surface area contributed by atoms with Gasteiger partial charge in [0.25, 0.3) is 0 Å². The van der Waals surface area contributed by atoms with Crippen molar-refractivity contribution in [3.05, 3.63) is 35.9 Å². The van der Waals surface area contributed by atoms with Crippen LogP contribution in [0.1, 0.15) is 17.3 Å². The first kappa shape index (κ1) is 19.0. The van der Waals surface area contributed by atoms with Crippen LogP contribution in [0.3, 0.4) is 0 Å². The summed E-state index contributed by atoms with van der Waals surface area (Å²) in [6, 6.07) is 9.10. The molecule has 6 heteroatoms. The van der Waals surface area contributed by atoms with Gasteiger partial charge in [-0.1, -0.05) is 37.3 Å². The standard InChI is InChI=1S/C14H20N2O2S.ClH/c1-11(7-15)8-16-14(18)10-19-9-13(17)12-5-3-2-4-6-12;/h2-6,11H,7-10,15H2,1H3,(H,16,18);1H. The Morgan fingerprint density at radius 2 is 1.90 bits per heavy atom. The van der Waals surface area contributed by atoms with Crippen molar-refractivity contribution in [1.82, 2.24) is 5.32 Å². The van der Waals surface area contributed by atoms with Crippen LogP contribution in [0, 0.1) is 5.92 Å². The van der Waals surface area contributed by atoms with Gasteiger partial charge in [-0.3, -0.25) is 9.59 Å². The van der Waals surface area contributed by atoms with Gasteiger partial charge in [-0.05, 0) is 12.5 Å². The highest BCUT2D eigenvalue weighted by Crippen LogP contribution is 2.07. The second kappa shape index (κ2) is 10.7. The van der Waals surface area contributed by atoms with Crippen LogP contribution in [0.15, 0.2) is 30.3 Å². The zero-order chi connectivity index (χ0) is 14.1. The fourth-order valence-corrected chi connectivity index (χ4v) is 2.11. The zero-order valence-electron chi connectivity index (χ0n) is 11.5. The minimum absolute atomic E-state index is 0. The summed E-state index contributed by atoms with van der Waals surface area (Å²) in [6.07, 6.45) is 0. The molecule has 0 heterocycles. The molecule has 112 valence electrons. The molecule has 0 spiro atoms. The summed E-state index contributed by atoms with van der Waals surface area (Å²) in [5.74, 6) is 0.902. The molecule has 20 heavy (non-hydrogen) atoms. The van der Waals surface area contributed by atoms with E-state index in [1.165, 1.54) is 11.8 Å². The maximum Gasteiger partial charge on any atom is 0.230 e. The van der Waals surface area contributed by atoms with E-state index < -0.39 is 0 Å². The van der Waals surface area contributed by atoms with E-state index in [0.29, 0.717) is 30.2 Å². The SMILES string of the molecule is CC(CN)CNC(=O)CSCC(=O)c1ccccc1.Cl. The first-order chi connectivity index (χ1) is 9.13. The first-order valence-electron chi connectivity index (χ1n) is 6.26. The van der Waals surface area contributed by atoms with E-state index in [9.17, 15) is 9.59 Å². The predicted octanol–water partition coefficient (Wildman–Crippen LogP) is 1.74. The van der Waals surface area contributed by atoms with Crippen molar-refractivity contribution < 1.29 is 9.59 Å². The van der Waals surface area contributed by atoms with Gasteiger partial charge >= 0.3 is 0 Å². The number of halogens is 1. The molecule has 0 radical (unpaired) electrons. The smallest absolute Gasteiger partial charge is 0.230 e. The molecule has 1 amide bonds. The highest BCUT2D eigenvalue weighted by Gasteiger charge is 2.08. The molecule has 1 aromatic carbocycles. The van der Waals surface area contributed by atoms with Crippen molar-refractivity contribution in [2.24, 2.45) is 11.7 Å². The largest absolute Gasteiger partial charge is 0.355 e. The van der Waals surface area contributed by atoms with E-state index in [0.717, 1.165) is 0 Å². The molecule has 4 nitrogen and oxygen atoms in total. The van der Waals surface area contributed by atoms with E-state index in [2.05, 4.69) is 5.32 Å². The van der Waals surface area contributed by atoms with E-state index in [1.807, 2.05) is 25.1 Å². The number of Topliss-reactive ketones (excluding diaryl/α,β-unsaturated/α-hetero) is 1. The highest BCUT2D eigenvalue weighted by molar-refractivity contribution is 8.00. The average molecular weight is 317 g/mol. The van der Waals surface area contributed by atoms with E-state index >= 15 is 0 Å². The summed E-state index contributed by atoms with van der Waals surface area (Å²) < 4.78 is 0. The van der Waals surface area contributed by atoms with Crippen LogP contribution >= 0.6 is 24.2 Å². The van der Waals surface area contributed by atoms with Crippen LogP contribution < -0.4 is 11.1 Å². The van der Waals surface area contributed by atoms with Gasteiger partial charge in [-0.2, -0.15) is 0 Å². The molecule has 1 rings (SSSR count). The number of carbonyl (C=O) groups is 2. The van der Waals surface area contributed by atoms with E-state index in [1.54, 1.807) is 12.1 Å². The second-order valence-corrected chi connectivity index (χ2v) is 5.41. The molecule has 1 atom stereocenters. The van der Waals surface area contributed by atoms with Crippen molar-refractivity contribution in [3.8, 4) is 0 Å². The van der Waals surface area contributed by atoms with Crippen LogP contribution in [0.5, 0.6) is 0 Å². The maximum atomic E-state index is 11.8. The topological polar surface area (TPSA) is 72.2 Å². The lowest BCUT2D eigenvalue weighted by molar-refractivity contribution is -0.118. The molecule has 0 saturated carbocycles. The Hall–Kier alpha value is -1.04. The Balaban J connectivity index is 0.00000361. The minimum Gasteiger partial charge on any atom is -0.355 e. The predicted molar refractivity (Wildman–Crippen MR) is 86.6 cm³/mol. The van der Waals surface area contributed by atoms with Crippen molar-refractivity contribution in [2.45, 2.75) is 6.92 Å². The number of hydrogen-bond donors (Lipinski definition) is 2. The normalized spacial score (nSPS) is 11.3. The Labute approximate surface area is 130 Å². The molecule has 0 aliphatic rings. The van der Waals surface area contributed by atoms with E-state index in [-0.39, 0.29) is 30.0 Å². The van der Waals surface area contributed by atoms with E-state index in [4.69, 9.17) is 5.73 Å². The number of hydrogen-bond acceptors (Lipinski definition) is 4.